The molecule has 3 aliphatic heterocycles. The highest BCUT2D eigenvalue weighted by Crippen LogP contribution is 2.52. The van der Waals surface area contributed by atoms with Gasteiger partial charge in [0.25, 0.3) is 0 Å². The Morgan fingerprint density at radius 2 is 1.83 bits per heavy atom. The number of hydrogen-bond acceptors (Lipinski definition) is 5. The number of sulfone groups is 1. The van der Waals surface area contributed by atoms with Crippen LogP contribution in [0.2, 0.25) is 0 Å². The summed E-state index contributed by atoms with van der Waals surface area (Å²) in [6, 6.07) is 15.9. The van der Waals surface area contributed by atoms with Crippen LogP contribution in [0.5, 0.6) is 5.75 Å². The summed E-state index contributed by atoms with van der Waals surface area (Å²) in [6.07, 6.45) is 3.62. The summed E-state index contributed by atoms with van der Waals surface area (Å²) in [5.74, 6) is 1.24. The van der Waals surface area contributed by atoms with Gasteiger partial charge >= 0.3 is 0 Å². The molecule has 0 bridgehead atoms. The quantitative estimate of drug-likeness (QED) is 0.742. The van der Waals surface area contributed by atoms with E-state index in [-0.39, 0.29) is 17.8 Å². The van der Waals surface area contributed by atoms with Gasteiger partial charge in [-0.1, -0.05) is 30.3 Å². The Morgan fingerprint density at radius 3 is 2.57 bits per heavy atom. The Bertz CT molecular complexity index is 1050. The number of fused-ring (bicyclic) bond motifs is 4. The third kappa shape index (κ3) is 3.45. The van der Waals surface area contributed by atoms with Crippen molar-refractivity contribution in [2.24, 2.45) is 5.92 Å². The molecule has 0 unspecified atom stereocenters. The molecule has 0 aliphatic carbocycles. The maximum atomic E-state index is 11.7. The summed E-state index contributed by atoms with van der Waals surface area (Å²) in [6.45, 7) is 6.15. The summed E-state index contributed by atoms with van der Waals surface area (Å²) < 4.78 is 36.5. The van der Waals surface area contributed by atoms with Crippen molar-refractivity contribution in [3.8, 4) is 5.75 Å². The number of rotatable bonds is 3. The predicted octanol–water partition coefficient (Wildman–Crippen LogP) is 3.98. The lowest BCUT2D eigenvalue weighted by Gasteiger charge is -2.50. The Labute approximate surface area is 178 Å². The maximum Gasteiger partial charge on any atom is 0.175 e. The Kier molecular flexibility index (Phi) is 4.73. The molecule has 6 heteroatoms. The van der Waals surface area contributed by atoms with Crippen molar-refractivity contribution in [3.63, 3.8) is 0 Å². The first kappa shape index (κ1) is 20.0. The van der Waals surface area contributed by atoms with Crippen LogP contribution in [0, 0.1) is 5.92 Å². The SMILES string of the molecule is CC1(C)Oc2ccccc2[C@@H]2O[C@@H]3CCN(Cc4ccc(S(C)(=O)=O)cc4)[C@@H]3C[C@H]21. The van der Waals surface area contributed by atoms with Crippen molar-refractivity contribution in [3.05, 3.63) is 59.7 Å². The summed E-state index contributed by atoms with van der Waals surface area (Å²) in [5, 5.41) is 0. The minimum atomic E-state index is -3.16. The molecule has 4 atom stereocenters. The minimum Gasteiger partial charge on any atom is -0.487 e. The van der Waals surface area contributed by atoms with Crippen LogP contribution in [0.4, 0.5) is 0 Å². The molecular weight excluding hydrogens is 398 g/mol. The first-order valence-corrected chi connectivity index (χ1v) is 12.6. The molecule has 2 fully saturated rings. The predicted molar refractivity (Wildman–Crippen MR) is 115 cm³/mol. The molecule has 2 aromatic rings. The fraction of sp³-hybridized carbons (Fsp3) is 0.500. The molecule has 0 radical (unpaired) electrons. The average molecular weight is 428 g/mol. The van der Waals surface area contributed by atoms with Crippen LogP contribution in [0.25, 0.3) is 0 Å². The number of hydrogen-bond donors (Lipinski definition) is 0. The van der Waals surface area contributed by atoms with Gasteiger partial charge in [-0.15, -0.1) is 0 Å². The van der Waals surface area contributed by atoms with Gasteiger partial charge in [-0.2, -0.15) is 0 Å². The summed E-state index contributed by atoms with van der Waals surface area (Å²) in [7, 11) is -3.16. The lowest BCUT2D eigenvalue weighted by molar-refractivity contribution is -0.162. The van der Waals surface area contributed by atoms with Crippen molar-refractivity contribution in [2.45, 2.75) is 62.0 Å². The molecule has 30 heavy (non-hydrogen) atoms. The van der Waals surface area contributed by atoms with Gasteiger partial charge in [0, 0.05) is 36.9 Å². The Hall–Kier alpha value is -1.89. The summed E-state index contributed by atoms with van der Waals surface area (Å²) in [4.78, 5) is 2.86. The zero-order valence-corrected chi connectivity index (χ0v) is 18.6. The molecule has 0 amide bonds. The highest BCUT2D eigenvalue weighted by molar-refractivity contribution is 7.90. The number of benzene rings is 2. The standard InChI is InChI=1S/C24H29NO4S/c1-24(2)19-14-20-22(28-23(19)18-6-4-5-7-21(18)29-24)12-13-25(20)15-16-8-10-17(11-9-16)30(3,26)27/h4-11,19-20,22-23H,12-15H2,1-3H3/t19-,20-,22-,23+/m1/s1. The topological polar surface area (TPSA) is 55.8 Å². The van der Waals surface area contributed by atoms with Crippen LogP contribution in [-0.4, -0.2) is 43.9 Å². The largest absolute Gasteiger partial charge is 0.487 e. The molecule has 2 aromatic carbocycles. The van der Waals surface area contributed by atoms with Crippen molar-refractivity contribution >= 4 is 9.84 Å². The normalized spacial score (nSPS) is 30.1. The molecule has 0 saturated carbocycles. The Morgan fingerprint density at radius 1 is 1.10 bits per heavy atom. The highest BCUT2D eigenvalue weighted by Gasteiger charge is 2.52. The van der Waals surface area contributed by atoms with Gasteiger partial charge in [-0.3, -0.25) is 4.90 Å². The van der Waals surface area contributed by atoms with E-state index >= 15 is 0 Å². The first-order chi connectivity index (χ1) is 14.2. The number of ether oxygens (including phenoxy) is 2. The van der Waals surface area contributed by atoms with Crippen molar-refractivity contribution < 1.29 is 17.9 Å². The van der Waals surface area contributed by atoms with Crippen LogP contribution in [0.15, 0.2) is 53.4 Å². The van der Waals surface area contributed by atoms with E-state index in [1.165, 1.54) is 11.8 Å². The second-order valence-electron chi connectivity index (χ2n) is 9.42. The molecule has 2 saturated heterocycles. The third-order valence-electron chi connectivity index (χ3n) is 7.01. The van der Waals surface area contributed by atoms with Crippen molar-refractivity contribution in [1.29, 1.82) is 0 Å². The molecule has 0 spiro atoms. The summed E-state index contributed by atoms with van der Waals surface area (Å²) in [5.41, 5.74) is 2.03. The maximum absolute atomic E-state index is 11.7. The van der Waals surface area contributed by atoms with Crippen LogP contribution >= 0.6 is 0 Å². The molecule has 0 aromatic heterocycles. The molecule has 5 nitrogen and oxygen atoms in total. The third-order valence-corrected chi connectivity index (χ3v) is 8.14. The van der Waals surface area contributed by atoms with E-state index in [4.69, 9.17) is 9.47 Å². The molecular formula is C24H29NO4S. The van der Waals surface area contributed by atoms with Crippen LogP contribution in [-0.2, 0) is 21.1 Å². The molecule has 3 aliphatic rings. The Balaban J connectivity index is 1.36. The van der Waals surface area contributed by atoms with E-state index in [2.05, 4.69) is 30.9 Å². The van der Waals surface area contributed by atoms with E-state index in [1.54, 1.807) is 12.1 Å². The second kappa shape index (κ2) is 7.08. The smallest absolute Gasteiger partial charge is 0.175 e. The van der Waals surface area contributed by atoms with E-state index in [1.807, 2.05) is 24.3 Å². The van der Waals surface area contributed by atoms with Gasteiger partial charge in [-0.25, -0.2) is 8.42 Å². The fourth-order valence-electron chi connectivity index (χ4n) is 5.39. The van der Waals surface area contributed by atoms with Gasteiger partial charge in [0.2, 0.25) is 0 Å². The van der Waals surface area contributed by atoms with Crippen LogP contribution in [0.3, 0.4) is 0 Å². The fourth-order valence-corrected chi connectivity index (χ4v) is 6.02. The molecule has 160 valence electrons. The number of para-hydroxylation sites is 1. The van der Waals surface area contributed by atoms with Crippen LogP contribution < -0.4 is 4.74 Å². The van der Waals surface area contributed by atoms with Gasteiger partial charge in [0.05, 0.1) is 17.1 Å². The van der Waals surface area contributed by atoms with E-state index in [0.29, 0.717) is 16.9 Å². The first-order valence-electron chi connectivity index (χ1n) is 10.7. The molecule has 0 N–H and O–H groups in total. The number of nitrogens with zero attached hydrogens (tertiary/aromatic N) is 1. The monoisotopic (exact) mass is 427 g/mol. The van der Waals surface area contributed by atoms with Gasteiger partial charge in [0.1, 0.15) is 11.4 Å². The number of likely N-dealkylation sites (tertiary alicyclic amines) is 1. The van der Waals surface area contributed by atoms with E-state index in [9.17, 15) is 8.42 Å². The lowest BCUT2D eigenvalue weighted by atomic mass is 9.74. The molecule has 5 rings (SSSR count). The van der Waals surface area contributed by atoms with Gasteiger partial charge < -0.3 is 9.47 Å². The second-order valence-corrected chi connectivity index (χ2v) is 11.4. The lowest BCUT2D eigenvalue weighted by Crippen LogP contribution is -2.53. The van der Waals surface area contributed by atoms with E-state index in [0.717, 1.165) is 37.2 Å². The van der Waals surface area contributed by atoms with Crippen LogP contribution in [0.1, 0.15) is 43.9 Å². The summed E-state index contributed by atoms with van der Waals surface area (Å²) >= 11 is 0. The van der Waals surface area contributed by atoms with Crippen molar-refractivity contribution in [2.75, 3.05) is 12.8 Å². The zero-order chi connectivity index (χ0) is 21.1. The highest BCUT2D eigenvalue weighted by atomic mass is 32.2. The van der Waals surface area contributed by atoms with Gasteiger partial charge in [-0.05, 0) is 50.5 Å². The minimum absolute atomic E-state index is 0.0835. The molecule has 3 heterocycles. The average Bonchev–Trinajstić information content (AvgIpc) is 3.08. The zero-order valence-electron chi connectivity index (χ0n) is 17.7. The van der Waals surface area contributed by atoms with Crippen molar-refractivity contribution in [1.82, 2.24) is 4.90 Å². The van der Waals surface area contributed by atoms with Gasteiger partial charge in [0.15, 0.2) is 9.84 Å². The van der Waals surface area contributed by atoms with E-state index < -0.39 is 9.84 Å².